The topological polar surface area (TPSA) is 75.4 Å². The Bertz CT molecular complexity index is 553. The molecule has 1 aromatic carbocycles. The van der Waals surface area contributed by atoms with Crippen LogP contribution in [0.4, 0.5) is 0 Å². The molecule has 0 aromatic heterocycles. The molecule has 124 valence electrons. The molecular weight excluding hydrogens is 290 g/mol. The summed E-state index contributed by atoms with van der Waals surface area (Å²) in [5.74, 6) is -0.0545. The number of benzene rings is 1. The number of carbonyl (C=O) groups excluding carboxylic acids is 2. The largest absolute Gasteiger partial charge is 0.352 e. The van der Waals surface area contributed by atoms with Crippen LogP contribution in [-0.2, 0) is 4.79 Å². The van der Waals surface area contributed by atoms with Gasteiger partial charge < -0.3 is 16.0 Å². The van der Waals surface area contributed by atoms with Gasteiger partial charge in [0.05, 0.1) is 0 Å². The lowest BCUT2D eigenvalue weighted by Gasteiger charge is -2.30. The Morgan fingerprint density at radius 2 is 1.74 bits per heavy atom. The number of likely N-dealkylation sites (tertiary alicyclic amines) is 1. The third-order valence-corrected chi connectivity index (χ3v) is 4.96. The molecule has 3 N–H and O–H groups in total. The molecule has 2 aliphatic rings. The molecule has 2 fully saturated rings. The van der Waals surface area contributed by atoms with Crippen molar-refractivity contribution in [3.05, 3.63) is 35.9 Å². The van der Waals surface area contributed by atoms with Crippen molar-refractivity contribution in [3.63, 3.8) is 0 Å². The number of hydrogen-bond acceptors (Lipinski definition) is 3. The summed E-state index contributed by atoms with van der Waals surface area (Å²) in [6.45, 7) is 0.654. The van der Waals surface area contributed by atoms with E-state index >= 15 is 0 Å². The Labute approximate surface area is 137 Å². The van der Waals surface area contributed by atoms with Gasteiger partial charge in [0.25, 0.3) is 5.91 Å². The van der Waals surface area contributed by atoms with E-state index in [2.05, 4.69) is 5.32 Å². The Morgan fingerprint density at radius 1 is 1.04 bits per heavy atom. The van der Waals surface area contributed by atoms with E-state index in [0.29, 0.717) is 12.1 Å². The van der Waals surface area contributed by atoms with Gasteiger partial charge in [-0.05, 0) is 50.7 Å². The predicted molar refractivity (Wildman–Crippen MR) is 88.9 cm³/mol. The van der Waals surface area contributed by atoms with Gasteiger partial charge in [-0.15, -0.1) is 0 Å². The van der Waals surface area contributed by atoms with Gasteiger partial charge in [-0.2, -0.15) is 0 Å². The predicted octanol–water partition coefficient (Wildman–Crippen LogP) is 1.68. The number of hydrogen-bond donors (Lipinski definition) is 2. The molecule has 0 bridgehead atoms. The smallest absolute Gasteiger partial charge is 0.254 e. The normalized spacial score (nSPS) is 27.7. The van der Waals surface area contributed by atoms with E-state index in [-0.39, 0.29) is 29.9 Å². The number of nitrogens with one attached hydrogen (secondary N) is 1. The molecule has 1 aliphatic carbocycles. The van der Waals surface area contributed by atoms with Gasteiger partial charge in [0.1, 0.15) is 6.04 Å². The third-order valence-electron chi connectivity index (χ3n) is 4.96. The minimum atomic E-state index is -0.335. The average Bonchev–Trinajstić information content (AvgIpc) is 3.07. The molecule has 1 atom stereocenters. The Balaban J connectivity index is 1.62. The summed E-state index contributed by atoms with van der Waals surface area (Å²) in [5, 5.41) is 3.13. The van der Waals surface area contributed by atoms with E-state index in [1.165, 1.54) is 0 Å². The van der Waals surface area contributed by atoms with Gasteiger partial charge in [0.15, 0.2) is 0 Å². The van der Waals surface area contributed by atoms with Gasteiger partial charge in [0, 0.05) is 24.2 Å². The molecule has 5 heteroatoms. The van der Waals surface area contributed by atoms with Gasteiger partial charge in [-0.3, -0.25) is 9.59 Å². The van der Waals surface area contributed by atoms with Crippen molar-refractivity contribution in [2.45, 2.75) is 56.7 Å². The molecule has 5 nitrogen and oxygen atoms in total. The minimum absolute atomic E-state index is 0.00717. The lowest BCUT2D eigenvalue weighted by molar-refractivity contribution is -0.125. The van der Waals surface area contributed by atoms with Crippen LogP contribution in [0.2, 0.25) is 0 Å². The van der Waals surface area contributed by atoms with E-state index in [1.54, 1.807) is 17.0 Å². The average molecular weight is 315 g/mol. The second kappa shape index (κ2) is 7.13. The summed E-state index contributed by atoms with van der Waals surface area (Å²) >= 11 is 0. The van der Waals surface area contributed by atoms with Gasteiger partial charge in [-0.1, -0.05) is 18.2 Å². The number of rotatable bonds is 3. The van der Waals surface area contributed by atoms with Crippen molar-refractivity contribution in [2.75, 3.05) is 6.54 Å². The molecule has 1 aliphatic heterocycles. The molecular formula is C18H25N3O2. The first-order valence-corrected chi connectivity index (χ1v) is 8.57. The second-order valence-corrected chi connectivity index (χ2v) is 6.64. The van der Waals surface area contributed by atoms with Crippen LogP contribution in [0.25, 0.3) is 0 Å². The van der Waals surface area contributed by atoms with Crippen molar-refractivity contribution in [3.8, 4) is 0 Å². The summed E-state index contributed by atoms with van der Waals surface area (Å²) < 4.78 is 0. The summed E-state index contributed by atoms with van der Waals surface area (Å²) in [6, 6.07) is 9.34. The maximum absolute atomic E-state index is 12.6. The Kier molecular flexibility index (Phi) is 4.96. The summed E-state index contributed by atoms with van der Waals surface area (Å²) in [6.07, 6.45) is 5.42. The quantitative estimate of drug-likeness (QED) is 0.891. The second-order valence-electron chi connectivity index (χ2n) is 6.64. The molecule has 1 unspecified atom stereocenters. The SMILES string of the molecule is NC1CCC(NC(=O)C2CCCN2C(=O)c2ccccc2)CC1. The summed E-state index contributed by atoms with van der Waals surface area (Å²) in [7, 11) is 0. The van der Waals surface area contributed by atoms with Crippen molar-refractivity contribution in [2.24, 2.45) is 5.73 Å². The van der Waals surface area contributed by atoms with E-state index in [1.807, 2.05) is 18.2 Å². The highest BCUT2D eigenvalue weighted by atomic mass is 16.2. The molecule has 1 heterocycles. The van der Waals surface area contributed by atoms with Crippen LogP contribution in [0.15, 0.2) is 30.3 Å². The highest BCUT2D eigenvalue weighted by molar-refractivity contribution is 5.97. The van der Waals surface area contributed by atoms with Crippen LogP contribution in [-0.4, -0.2) is 41.4 Å². The lowest BCUT2D eigenvalue weighted by atomic mass is 9.91. The number of carbonyl (C=O) groups is 2. The van der Waals surface area contributed by atoms with Crippen molar-refractivity contribution < 1.29 is 9.59 Å². The van der Waals surface area contributed by atoms with Crippen LogP contribution >= 0.6 is 0 Å². The molecule has 1 aromatic rings. The maximum Gasteiger partial charge on any atom is 0.254 e. The van der Waals surface area contributed by atoms with Gasteiger partial charge >= 0.3 is 0 Å². The van der Waals surface area contributed by atoms with Crippen molar-refractivity contribution in [1.29, 1.82) is 0 Å². The summed E-state index contributed by atoms with van der Waals surface area (Å²) in [5.41, 5.74) is 6.56. The minimum Gasteiger partial charge on any atom is -0.352 e. The first kappa shape index (κ1) is 16.0. The molecule has 0 radical (unpaired) electrons. The molecule has 0 spiro atoms. The van der Waals surface area contributed by atoms with E-state index in [4.69, 9.17) is 5.73 Å². The Morgan fingerprint density at radius 3 is 2.43 bits per heavy atom. The molecule has 1 saturated heterocycles. The van der Waals surface area contributed by atoms with Crippen LogP contribution in [0, 0.1) is 0 Å². The highest BCUT2D eigenvalue weighted by Crippen LogP contribution is 2.22. The molecule has 3 rings (SSSR count). The highest BCUT2D eigenvalue weighted by Gasteiger charge is 2.35. The molecule has 2 amide bonds. The van der Waals surface area contributed by atoms with Crippen LogP contribution in [0.5, 0.6) is 0 Å². The van der Waals surface area contributed by atoms with E-state index in [9.17, 15) is 9.59 Å². The molecule has 23 heavy (non-hydrogen) atoms. The number of nitrogens with zero attached hydrogens (tertiary/aromatic N) is 1. The molecule has 1 saturated carbocycles. The standard InChI is InChI=1S/C18H25N3O2/c19-14-8-10-15(11-9-14)20-17(22)16-7-4-12-21(16)18(23)13-5-2-1-3-6-13/h1-3,5-6,14-16H,4,7-12,19H2,(H,20,22). The zero-order chi connectivity index (χ0) is 16.2. The Hall–Kier alpha value is -1.88. The maximum atomic E-state index is 12.6. The van der Waals surface area contributed by atoms with Crippen LogP contribution < -0.4 is 11.1 Å². The van der Waals surface area contributed by atoms with Gasteiger partial charge in [0.2, 0.25) is 5.91 Å². The van der Waals surface area contributed by atoms with Crippen LogP contribution in [0.1, 0.15) is 48.9 Å². The fraction of sp³-hybridized carbons (Fsp3) is 0.556. The van der Waals surface area contributed by atoms with E-state index in [0.717, 1.165) is 38.5 Å². The van der Waals surface area contributed by atoms with Crippen molar-refractivity contribution in [1.82, 2.24) is 10.2 Å². The lowest BCUT2D eigenvalue weighted by Crippen LogP contribution is -2.50. The summed E-state index contributed by atoms with van der Waals surface area (Å²) in [4.78, 5) is 27.0. The number of amides is 2. The fourth-order valence-corrected chi connectivity index (χ4v) is 3.59. The van der Waals surface area contributed by atoms with Crippen molar-refractivity contribution >= 4 is 11.8 Å². The first-order chi connectivity index (χ1) is 11.1. The van der Waals surface area contributed by atoms with Gasteiger partial charge in [-0.25, -0.2) is 0 Å². The van der Waals surface area contributed by atoms with E-state index < -0.39 is 0 Å². The monoisotopic (exact) mass is 315 g/mol. The fourth-order valence-electron chi connectivity index (χ4n) is 3.59. The zero-order valence-electron chi connectivity index (χ0n) is 13.4. The number of nitrogens with two attached hydrogens (primary N) is 1. The third kappa shape index (κ3) is 3.72. The zero-order valence-corrected chi connectivity index (χ0v) is 13.4. The first-order valence-electron chi connectivity index (χ1n) is 8.57. The van der Waals surface area contributed by atoms with Crippen LogP contribution in [0.3, 0.4) is 0 Å².